The van der Waals surface area contributed by atoms with Gasteiger partial charge >= 0.3 is 0 Å². The zero-order valence-electron chi connectivity index (χ0n) is 11.2. The van der Waals surface area contributed by atoms with E-state index in [4.69, 9.17) is 0 Å². The smallest absolute Gasteiger partial charge is 0.293 e. The molecule has 1 aromatic carbocycles. The van der Waals surface area contributed by atoms with E-state index in [1.165, 1.54) is 13.1 Å². The van der Waals surface area contributed by atoms with Gasteiger partial charge < -0.3 is 15.5 Å². The van der Waals surface area contributed by atoms with Crippen LogP contribution in [0.5, 0.6) is 0 Å². The van der Waals surface area contributed by atoms with Gasteiger partial charge in [-0.3, -0.25) is 14.9 Å². The Labute approximate surface area is 134 Å². The maximum Gasteiger partial charge on any atom is 0.293 e. The number of rotatable bonds is 3. The second-order valence-electron chi connectivity index (χ2n) is 4.54. The van der Waals surface area contributed by atoms with Crippen LogP contribution < -0.4 is 15.5 Å². The van der Waals surface area contributed by atoms with Crippen molar-refractivity contribution in [3.05, 3.63) is 31.6 Å². The first kappa shape index (κ1) is 15.9. The highest BCUT2D eigenvalue weighted by Gasteiger charge is 2.33. The van der Waals surface area contributed by atoms with Crippen molar-refractivity contribution >= 4 is 39.9 Å². The van der Waals surface area contributed by atoms with Gasteiger partial charge in [-0.05, 0) is 22.6 Å². The summed E-state index contributed by atoms with van der Waals surface area (Å²) < 4.78 is 14.0. The number of nitrogens with one attached hydrogen (secondary N) is 2. The Hall–Kier alpha value is -1.49. The average Bonchev–Trinajstić information content (AvgIpc) is 2.48. The first-order chi connectivity index (χ1) is 9.95. The molecule has 1 unspecified atom stereocenters. The molecule has 2 rings (SSSR count). The van der Waals surface area contributed by atoms with E-state index in [1.54, 1.807) is 27.5 Å². The summed E-state index contributed by atoms with van der Waals surface area (Å²) in [6.07, 6.45) is 0. The van der Waals surface area contributed by atoms with Crippen molar-refractivity contribution in [1.82, 2.24) is 10.6 Å². The van der Waals surface area contributed by atoms with Crippen molar-refractivity contribution in [2.75, 3.05) is 31.6 Å². The molecule has 0 radical (unpaired) electrons. The predicted molar refractivity (Wildman–Crippen MR) is 83.8 cm³/mol. The van der Waals surface area contributed by atoms with Gasteiger partial charge in [0.15, 0.2) is 0 Å². The number of piperazine rings is 1. The second-order valence-corrected chi connectivity index (χ2v) is 5.70. The first-order valence-electron chi connectivity index (χ1n) is 6.28. The van der Waals surface area contributed by atoms with E-state index in [0.29, 0.717) is 19.6 Å². The number of nitro benzene ring substituents is 1. The number of halogens is 2. The highest BCUT2D eigenvalue weighted by molar-refractivity contribution is 14.1. The first-order valence-corrected chi connectivity index (χ1v) is 7.36. The minimum absolute atomic E-state index is 0.132. The normalized spacial score (nSPS) is 18.4. The highest BCUT2D eigenvalue weighted by atomic mass is 127. The molecule has 0 bridgehead atoms. The number of hydrogen-bond acceptors (Lipinski definition) is 5. The Balaban J connectivity index is 2.49. The number of benzene rings is 1. The predicted octanol–water partition coefficient (Wildman–Crippen LogP) is 0.863. The van der Waals surface area contributed by atoms with Crippen LogP contribution in [0.2, 0.25) is 0 Å². The maximum atomic E-state index is 13.8. The van der Waals surface area contributed by atoms with Gasteiger partial charge in [0.2, 0.25) is 5.91 Å². The van der Waals surface area contributed by atoms with Crippen LogP contribution in [0.25, 0.3) is 0 Å². The van der Waals surface area contributed by atoms with E-state index in [2.05, 4.69) is 10.6 Å². The summed E-state index contributed by atoms with van der Waals surface area (Å²) in [5.74, 6) is -0.805. The zero-order valence-corrected chi connectivity index (χ0v) is 13.4. The number of amides is 1. The topological polar surface area (TPSA) is 87.5 Å². The quantitative estimate of drug-likeness (QED) is 0.440. The van der Waals surface area contributed by atoms with Crippen LogP contribution in [0, 0.1) is 19.5 Å². The van der Waals surface area contributed by atoms with Gasteiger partial charge in [0.05, 0.1) is 8.49 Å². The standard InChI is InChI=1S/C12H14FIN4O3/c1-15-12(19)11-6-16-2-3-17(11)9-4-7(13)8(14)5-10(9)18(20)21/h4-5,11,16H,2-3,6H2,1H3,(H,15,19). The van der Waals surface area contributed by atoms with Crippen molar-refractivity contribution in [2.45, 2.75) is 6.04 Å². The summed E-state index contributed by atoms with van der Waals surface area (Å²) in [7, 11) is 1.50. The van der Waals surface area contributed by atoms with Gasteiger partial charge in [-0.2, -0.15) is 0 Å². The van der Waals surface area contributed by atoms with Gasteiger partial charge in [0, 0.05) is 38.8 Å². The van der Waals surface area contributed by atoms with Gasteiger partial charge in [-0.15, -0.1) is 0 Å². The SMILES string of the molecule is CNC(=O)C1CNCCN1c1cc(F)c(I)cc1[N+](=O)[O-]. The summed E-state index contributed by atoms with van der Waals surface area (Å²) in [6, 6.07) is 1.71. The lowest BCUT2D eigenvalue weighted by molar-refractivity contribution is -0.384. The van der Waals surface area contributed by atoms with E-state index < -0.39 is 16.8 Å². The summed E-state index contributed by atoms with van der Waals surface area (Å²) in [5, 5.41) is 16.8. The monoisotopic (exact) mass is 408 g/mol. The fourth-order valence-corrected chi connectivity index (χ4v) is 2.75. The van der Waals surface area contributed by atoms with E-state index in [-0.39, 0.29) is 20.9 Å². The Morgan fingerprint density at radius 2 is 2.33 bits per heavy atom. The van der Waals surface area contributed by atoms with Gasteiger partial charge in [-0.25, -0.2) is 4.39 Å². The fourth-order valence-electron chi connectivity index (χ4n) is 2.30. The molecule has 1 heterocycles. The van der Waals surface area contributed by atoms with Crippen LogP contribution in [-0.4, -0.2) is 43.6 Å². The largest absolute Gasteiger partial charge is 0.357 e. The molecule has 114 valence electrons. The lowest BCUT2D eigenvalue weighted by atomic mass is 10.1. The number of likely N-dealkylation sites (N-methyl/N-ethyl adjacent to an activating group) is 1. The molecule has 0 spiro atoms. The zero-order chi connectivity index (χ0) is 15.6. The second kappa shape index (κ2) is 6.52. The molecule has 1 aromatic rings. The molecule has 1 saturated heterocycles. The average molecular weight is 408 g/mol. The molecule has 1 amide bonds. The molecule has 0 aliphatic carbocycles. The number of nitrogens with zero attached hydrogens (tertiary/aromatic N) is 2. The Morgan fingerprint density at radius 1 is 1.62 bits per heavy atom. The van der Waals surface area contributed by atoms with Crippen LogP contribution >= 0.6 is 22.6 Å². The van der Waals surface area contributed by atoms with E-state index in [9.17, 15) is 19.3 Å². The molecule has 1 aliphatic rings. The third-order valence-corrected chi connectivity index (χ3v) is 4.14. The molecule has 9 heteroatoms. The molecular weight excluding hydrogens is 394 g/mol. The van der Waals surface area contributed by atoms with E-state index in [0.717, 1.165) is 6.07 Å². The highest BCUT2D eigenvalue weighted by Crippen LogP contribution is 2.33. The molecule has 0 saturated carbocycles. The summed E-state index contributed by atoms with van der Waals surface area (Å²) in [4.78, 5) is 24.2. The van der Waals surface area contributed by atoms with E-state index in [1.807, 2.05) is 0 Å². The minimum Gasteiger partial charge on any atom is -0.357 e. The molecule has 1 atom stereocenters. The van der Waals surface area contributed by atoms with Crippen LogP contribution in [-0.2, 0) is 4.79 Å². The van der Waals surface area contributed by atoms with Crippen molar-refractivity contribution in [2.24, 2.45) is 0 Å². The number of carbonyl (C=O) groups excluding carboxylic acids is 1. The molecule has 7 nitrogen and oxygen atoms in total. The van der Waals surface area contributed by atoms with Crippen LogP contribution in [0.4, 0.5) is 15.8 Å². The number of hydrogen-bond donors (Lipinski definition) is 2. The molecule has 21 heavy (non-hydrogen) atoms. The van der Waals surface area contributed by atoms with Crippen LogP contribution in [0.1, 0.15) is 0 Å². The molecular formula is C12H14FIN4O3. The fraction of sp³-hybridized carbons (Fsp3) is 0.417. The number of carbonyl (C=O) groups is 1. The van der Waals surface area contributed by atoms with E-state index >= 15 is 0 Å². The van der Waals surface area contributed by atoms with Gasteiger partial charge in [-0.1, -0.05) is 0 Å². The van der Waals surface area contributed by atoms with Crippen molar-refractivity contribution in [3.63, 3.8) is 0 Å². The lowest BCUT2D eigenvalue weighted by Gasteiger charge is -2.36. The Morgan fingerprint density at radius 3 is 2.95 bits per heavy atom. The molecule has 1 fully saturated rings. The molecule has 0 aromatic heterocycles. The Bertz CT molecular complexity index is 584. The van der Waals surface area contributed by atoms with Gasteiger partial charge in [0.25, 0.3) is 5.69 Å². The summed E-state index contributed by atoms with van der Waals surface area (Å²) in [5.41, 5.74) is -0.0652. The Kier molecular flexibility index (Phi) is 4.93. The molecule has 2 N–H and O–H groups in total. The minimum atomic E-state index is -0.609. The lowest BCUT2D eigenvalue weighted by Crippen LogP contribution is -2.57. The van der Waals surface area contributed by atoms with Gasteiger partial charge in [0.1, 0.15) is 17.5 Å². The number of anilines is 1. The van der Waals surface area contributed by atoms with Crippen LogP contribution in [0.15, 0.2) is 12.1 Å². The molecule has 1 aliphatic heterocycles. The maximum absolute atomic E-state index is 13.8. The van der Waals surface area contributed by atoms with Crippen LogP contribution in [0.3, 0.4) is 0 Å². The van der Waals surface area contributed by atoms with Crippen molar-refractivity contribution in [3.8, 4) is 0 Å². The third kappa shape index (κ3) is 3.23. The number of nitro groups is 1. The van der Waals surface area contributed by atoms with Crippen molar-refractivity contribution in [1.29, 1.82) is 0 Å². The summed E-state index contributed by atoms with van der Waals surface area (Å²) in [6.45, 7) is 1.31. The van der Waals surface area contributed by atoms with Crippen molar-refractivity contribution < 1.29 is 14.1 Å². The summed E-state index contributed by atoms with van der Waals surface area (Å²) >= 11 is 1.71. The third-order valence-electron chi connectivity index (χ3n) is 3.32.